The van der Waals surface area contributed by atoms with Crippen LogP contribution < -0.4 is 0 Å². The molecule has 4 aromatic rings. The maximum atomic E-state index is 13.9. The molecule has 32 heavy (non-hydrogen) atoms. The fraction of sp³-hybridized carbons (Fsp3) is 0.200. The van der Waals surface area contributed by atoms with Crippen molar-refractivity contribution in [1.82, 2.24) is 0 Å². The van der Waals surface area contributed by atoms with E-state index >= 15 is 0 Å². The first kappa shape index (κ1) is 21.7. The van der Waals surface area contributed by atoms with E-state index in [0.717, 1.165) is 44.2 Å². The lowest BCUT2D eigenvalue weighted by Crippen LogP contribution is -2.15. The van der Waals surface area contributed by atoms with Crippen molar-refractivity contribution < 1.29 is 9.59 Å². The van der Waals surface area contributed by atoms with Crippen molar-refractivity contribution in [2.75, 3.05) is 0 Å². The average Bonchev–Trinajstić information content (AvgIpc) is 2.71. The molecule has 0 amide bonds. The minimum absolute atomic E-state index is 0.100. The molecule has 0 aliphatic carbocycles. The summed E-state index contributed by atoms with van der Waals surface area (Å²) < 4.78 is 0. The van der Waals surface area contributed by atoms with Crippen LogP contribution >= 0.6 is 0 Å². The lowest BCUT2D eigenvalue weighted by molar-refractivity contribution is 0.100. The zero-order valence-electron chi connectivity index (χ0n) is 19.6. The summed E-state index contributed by atoms with van der Waals surface area (Å²) in [5.41, 5.74) is 8.25. The molecule has 0 saturated carbocycles. The summed E-state index contributed by atoms with van der Waals surface area (Å²) in [6.45, 7) is 11.9. The van der Waals surface area contributed by atoms with Gasteiger partial charge in [0, 0.05) is 22.3 Å². The minimum Gasteiger partial charge on any atom is -0.289 e. The Hall–Kier alpha value is -3.52. The maximum Gasteiger partial charge on any atom is 0.194 e. The minimum atomic E-state index is -0.100. The van der Waals surface area contributed by atoms with Gasteiger partial charge in [-0.1, -0.05) is 59.7 Å². The number of benzene rings is 4. The Morgan fingerprint density at radius 1 is 0.500 bits per heavy atom. The first-order chi connectivity index (χ1) is 15.2. The van der Waals surface area contributed by atoms with E-state index in [-0.39, 0.29) is 11.6 Å². The summed E-state index contributed by atoms with van der Waals surface area (Å²) in [7, 11) is 0. The van der Waals surface area contributed by atoms with Crippen molar-refractivity contribution in [2.24, 2.45) is 0 Å². The molecule has 0 saturated heterocycles. The molecule has 0 aliphatic rings. The Labute approximate surface area is 189 Å². The quantitative estimate of drug-likeness (QED) is 0.328. The fourth-order valence-corrected chi connectivity index (χ4v) is 4.96. The topological polar surface area (TPSA) is 34.1 Å². The van der Waals surface area contributed by atoms with Gasteiger partial charge < -0.3 is 0 Å². The molecule has 0 aromatic heterocycles. The van der Waals surface area contributed by atoms with Crippen molar-refractivity contribution in [1.29, 1.82) is 0 Å². The number of carbonyl (C=O) groups excluding carboxylic acids is 2. The zero-order valence-corrected chi connectivity index (χ0v) is 19.6. The van der Waals surface area contributed by atoms with E-state index < -0.39 is 0 Å². The molecule has 0 heterocycles. The van der Waals surface area contributed by atoms with Gasteiger partial charge in [-0.05, 0) is 86.7 Å². The normalized spacial score (nSPS) is 11.1. The van der Waals surface area contributed by atoms with Gasteiger partial charge in [-0.25, -0.2) is 0 Å². The molecule has 0 aliphatic heterocycles. The van der Waals surface area contributed by atoms with Crippen LogP contribution in [0.5, 0.6) is 0 Å². The number of ketones is 2. The Bertz CT molecular complexity index is 1250. The molecule has 0 N–H and O–H groups in total. The number of rotatable bonds is 4. The number of carbonyl (C=O) groups is 2. The zero-order chi connectivity index (χ0) is 23.2. The van der Waals surface area contributed by atoms with Gasteiger partial charge in [-0.15, -0.1) is 0 Å². The third kappa shape index (κ3) is 3.78. The highest BCUT2D eigenvalue weighted by Crippen LogP contribution is 2.29. The molecule has 4 rings (SSSR count). The van der Waals surface area contributed by atoms with Crippen molar-refractivity contribution >= 4 is 22.3 Å². The van der Waals surface area contributed by atoms with Crippen LogP contribution in [-0.4, -0.2) is 11.6 Å². The molecule has 2 nitrogen and oxygen atoms in total. The lowest BCUT2D eigenvalue weighted by Gasteiger charge is -2.16. The van der Waals surface area contributed by atoms with Crippen molar-refractivity contribution in [3.8, 4) is 0 Å². The summed E-state index contributed by atoms with van der Waals surface area (Å²) in [4.78, 5) is 27.7. The Morgan fingerprint density at radius 2 is 0.812 bits per heavy atom. The predicted molar refractivity (Wildman–Crippen MR) is 132 cm³/mol. The van der Waals surface area contributed by atoms with E-state index in [1.165, 1.54) is 0 Å². The third-order valence-corrected chi connectivity index (χ3v) is 6.18. The van der Waals surface area contributed by atoms with Crippen LogP contribution in [0.4, 0.5) is 0 Å². The maximum absolute atomic E-state index is 13.9. The Balaban J connectivity index is 1.99. The summed E-state index contributed by atoms with van der Waals surface area (Å²) in [6, 6.07) is 19.7. The van der Waals surface area contributed by atoms with Crippen LogP contribution in [-0.2, 0) is 0 Å². The largest absolute Gasteiger partial charge is 0.289 e. The van der Waals surface area contributed by atoms with E-state index in [4.69, 9.17) is 0 Å². The molecule has 4 aromatic carbocycles. The van der Waals surface area contributed by atoms with E-state index in [1.54, 1.807) is 0 Å². The average molecular weight is 421 g/mol. The molecular formula is C30H28O2. The first-order valence-corrected chi connectivity index (χ1v) is 10.9. The van der Waals surface area contributed by atoms with Gasteiger partial charge in [-0.3, -0.25) is 9.59 Å². The van der Waals surface area contributed by atoms with Gasteiger partial charge in [-0.2, -0.15) is 0 Å². The fourth-order valence-electron chi connectivity index (χ4n) is 4.96. The SMILES string of the molecule is Cc1cc(C)c(C(=O)c2cc3ccccc3cc2C(=O)c2c(C)cc(C)cc2C)c(C)c1. The number of hydrogen-bond acceptors (Lipinski definition) is 2. The molecule has 0 unspecified atom stereocenters. The van der Waals surface area contributed by atoms with E-state index in [0.29, 0.717) is 22.3 Å². The molecule has 160 valence electrons. The summed E-state index contributed by atoms with van der Waals surface area (Å²) in [5.74, 6) is -0.201. The summed E-state index contributed by atoms with van der Waals surface area (Å²) in [5, 5.41) is 1.90. The van der Waals surface area contributed by atoms with Gasteiger partial charge in [0.25, 0.3) is 0 Å². The van der Waals surface area contributed by atoms with Gasteiger partial charge in [0.2, 0.25) is 0 Å². The second-order valence-corrected chi connectivity index (χ2v) is 8.95. The summed E-state index contributed by atoms with van der Waals surface area (Å²) >= 11 is 0. The van der Waals surface area contributed by atoms with Crippen LogP contribution in [0.2, 0.25) is 0 Å². The van der Waals surface area contributed by atoms with E-state index in [2.05, 4.69) is 0 Å². The highest BCUT2D eigenvalue weighted by Gasteiger charge is 2.24. The smallest absolute Gasteiger partial charge is 0.194 e. The Morgan fingerprint density at radius 3 is 1.12 bits per heavy atom. The van der Waals surface area contributed by atoms with E-state index in [1.807, 2.05) is 102 Å². The highest BCUT2D eigenvalue weighted by molar-refractivity contribution is 6.22. The lowest BCUT2D eigenvalue weighted by atomic mass is 9.85. The standard InChI is InChI=1S/C30H28O2/c1-17-11-19(3)27(20(4)12-17)29(31)25-15-23-9-7-8-10-24(23)16-26(25)30(32)28-21(5)13-18(2)14-22(28)6/h7-16H,1-6H3. The Kier molecular flexibility index (Phi) is 5.56. The molecule has 0 atom stereocenters. The van der Waals surface area contributed by atoms with Crippen molar-refractivity contribution in [3.63, 3.8) is 0 Å². The molecule has 0 radical (unpaired) electrons. The number of fused-ring (bicyclic) bond motifs is 1. The van der Waals surface area contributed by atoms with Gasteiger partial charge in [0.1, 0.15) is 0 Å². The van der Waals surface area contributed by atoms with E-state index in [9.17, 15) is 9.59 Å². The first-order valence-electron chi connectivity index (χ1n) is 10.9. The molecule has 0 bridgehead atoms. The second-order valence-electron chi connectivity index (χ2n) is 8.95. The monoisotopic (exact) mass is 420 g/mol. The molecule has 2 heteroatoms. The molecular weight excluding hydrogens is 392 g/mol. The number of hydrogen-bond donors (Lipinski definition) is 0. The van der Waals surface area contributed by atoms with Gasteiger partial charge in [0.05, 0.1) is 0 Å². The van der Waals surface area contributed by atoms with Crippen molar-refractivity contribution in [2.45, 2.75) is 41.5 Å². The van der Waals surface area contributed by atoms with Gasteiger partial charge in [0.15, 0.2) is 11.6 Å². The van der Waals surface area contributed by atoms with Crippen LogP contribution in [0.3, 0.4) is 0 Å². The van der Waals surface area contributed by atoms with Crippen LogP contribution in [0.1, 0.15) is 65.2 Å². The highest BCUT2D eigenvalue weighted by atomic mass is 16.1. The van der Waals surface area contributed by atoms with Crippen LogP contribution in [0.25, 0.3) is 10.8 Å². The van der Waals surface area contributed by atoms with Crippen molar-refractivity contribution in [3.05, 3.63) is 116 Å². The van der Waals surface area contributed by atoms with Gasteiger partial charge >= 0.3 is 0 Å². The second kappa shape index (κ2) is 8.20. The third-order valence-electron chi connectivity index (χ3n) is 6.18. The van der Waals surface area contributed by atoms with Crippen LogP contribution in [0.15, 0.2) is 60.7 Å². The molecule has 0 fully saturated rings. The molecule has 0 spiro atoms. The number of aryl methyl sites for hydroxylation is 6. The van der Waals surface area contributed by atoms with Crippen LogP contribution in [0, 0.1) is 41.5 Å². The predicted octanol–water partition coefficient (Wildman–Crippen LogP) is 7.15. The summed E-state index contributed by atoms with van der Waals surface area (Å²) in [6.07, 6.45) is 0.